The Hall–Kier alpha value is -0.570. The van der Waals surface area contributed by atoms with Crippen LogP contribution in [0.1, 0.15) is 60.8 Å². The second-order valence-corrected chi connectivity index (χ2v) is 4.95. The van der Waals surface area contributed by atoms with Gasteiger partial charge < -0.3 is 10.6 Å². The van der Waals surface area contributed by atoms with Crippen LogP contribution in [0.15, 0.2) is 0 Å². The van der Waals surface area contributed by atoms with Crippen LogP contribution in [0.25, 0.3) is 0 Å². The third-order valence-electron chi connectivity index (χ3n) is 3.52. The predicted molar refractivity (Wildman–Crippen MR) is 69.5 cm³/mol. The topological polar surface area (TPSA) is 41.1 Å². The first kappa shape index (κ1) is 15.4. The van der Waals surface area contributed by atoms with Crippen LogP contribution >= 0.6 is 0 Å². The van der Waals surface area contributed by atoms with E-state index >= 15 is 0 Å². The number of carbonyl (C=O) groups is 1. The fourth-order valence-electron chi connectivity index (χ4n) is 1.51. The first-order valence-corrected chi connectivity index (χ1v) is 6.46. The summed E-state index contributed by atoms with van der Waals surface area (Å²) in [7, 11) is 0. The molecule has 0 saturated carbocycles. The van der Waals surface area contributed by atoms with Crippen molar-refractivity contribution in [1.29, 1.82) is 0 Å². The van der Waals surface area contributed by atoms with Crippen molar-refractivity contribution in [3.8, 4) is 0 Å². The highest BCUT2D eigenvalue weighted by molar-refractivity contribution is 5.81. The van der Waals surface area contributed by atoms with Crippen molar-refractivity contribution in [2.45, 2.75) is 78.4 Å². The van der Waals surface area contributed by atoms with E-state index in [-0.39, 0.29) is 23.5 Å². The Morgan fingerprint density at radius 1 is 1.19 bits per heavy atom. The Bertz CT molecular complexity index is 212. The van der Waals surface area contributed by atoms with Gasteiger partial charge in [-0.1, -0.05) is 20.8 Å². The van der Waals surface area contributed by atoms with Gasteiger partial charge in [0.05, 0.1) is 6.04 Å². The normalized spacial score (nSPS) is 15.6. The summed E-state index contributed by atoms with van der Waals surface area (Å²) >= 11 is 0. The van der Waals surface area contributed by atoms with Gasteiger partial charge in [0.25, 0.3) is 0 Å². The first-order chi connectivity index (χ1) is 7.38. The molecule has 2 atom stereocenters. The Labute approximate surface area is 100 Å². The van der Waals surface area contributed by atoms with E-state index in [4.69, 9.17) is 0 Å². The summed E-state index contributed by atoms with van der Waals surface area (Å²) in [5.41, 5.74) is 0.0617. The molecule has 0 aliphatic heterocycles. The molecule has 0 aromatic heterocycles. The van der Waals surface area contributed by atoms with Gasteiger partial charge in [-0.05, 0) is 40.0 Å². The molecule has 0 fully saturated rings. The van der Waals surface area contributed by atoms with Gasteiger partial charge >= 0.3 is 0 Å². The molecule has 3 nitrogen and oxygen atoms in total. The number of nitrogens with one attached hydrogen (secondary N) is 2. The second-order valence-electron chi connectivity index (χ2n) is 4.95. The van der Waals surface area contributed by atoms with E-state index < -0.39 is 0 Å². The van der Waals surface area contributed by atoms with Gasteiger partial charge in [-0.2, -0.15) is 0 Å². The van der Waals surface area contributed by atoms with E-state index in [1.54, 1.807) is 0 Å². The molecule has 3 heteroatoms. The first-order valence-electron chi connectivity index (χ1n) is 6.46. The van der Waals surface area contributed by atoms with Gasteiger partial charge in [0.15, 0.2) is 0 Å². The highest BCUT2D eigenvalue weighted by Crippen LogP contribution is 2.14. The highest BCUT2D eigenvalue weighted by Gasteiger charge is 2.25. The molecule has 2 N–H and O–H groups in total. The summed E-state index contributed by atoms with van der Waals surface area (Å²) in [4.78, 5) is 11.8. The van der Waals surface area contributed by atoms with Crippen molar-refractivity contribution in [3.05, 3.63) is 0 Å². The fourth-order valence-corrected chi connectivity index (χ4v) is 1.51. The molecule has 0 aromatic rings. The average molecular weight is 228 g/mol. The molecule has 96 valence electrons. The van der Waals surface area contributed by atoms with Crippen LogP contribution in [0, 0.1) is 0 Å². The fraction of sp³-hybridized carbons (Fsp3) is 0.923. The molecule has 0 aliphatic carbocycles. The minimum Gasteiger partial charge on any atom is -0.352 e. The summed E-state index contributed by atoms with van der Waals surface area (Å²) in [6.45, 7) is 12.5. The Morgan fingerprint density at radius 2 is 1.69 bits per heavy atom. The summed E-state index contributed by atoms with van der Waals surface area (Å²) < 4.78 is 0. The van der Waals surface area contributed by atoms with Crippen molar-refractivity contribution < 1.29 is 4.79 Å². The quantitative estimate of drug-likeness (QED) is 0.703. The van der Waals surface area contributed by atoms with Gasteiger partial charge in [-0.15, -0.1) is 0 Å². The SMILES string of the molecule is CCC(C)NC(=O)C(C)NC(C)(CC)CC. The largest absolute Gasteiger partial charge is 0.352 e. The maximum atomic E-state index is 11.8. The Balaban J connectivity index is 4.24. The minimum absolute atomic E-state index is 0.0617. The minimum atomic E-state index is -0.126. The number of amides is 1. The third kappa shape index (κ3) is 4.97. The molecule has 0 aliphatic rings. The third-order valence-corrected chi connectivity index (χ3v) is 3.52. The maximum absolute atomic E-state index is 11.8. The zero-order valence-electron chi connectivity index (χ0n) is 11.7. The van der Waals surface area contributed by atoms with E-state index in [9.17, 15) is 4.79 Å². The summed E-state index contributed by atoms with van der Waals surface area (Å²) in [6, 6.07) is 0.130. The average Bonchev–Trinajstić information content (AvgIpc) is 2.28. The van der Waals surface area contributed by atoms with Crippen molar-refractivity contribution in [1.82, 2.24) is 10.6 Å². The van der Waals surface area contributed by atoms with E-state index in [1.165, 1.54) is 0 Å². The van der Waals surface area contributed by atoms with E-state index in [0.29, 0.717) is 0 Å². The molecule has 2 unspecified atom stereocenters. The smallest absolute Gasteiger partial charge is 0.237 e. The van der Waals surface area contributed by atoms with Crippen molar-refractivity contribution in [3.63, 3.8) is 0 Å². The molecule has 16 heavy (non-hydrogen) atoms. The Morgan fingerprint density at radius 3 is 2.06 bits per heavy atom. The molecule has 0 aromatic carbocycles. The monoisotopic (exact) mass is 228 g/mol. The summed E-state index contributed by atoms with van der Waals surface area (Å²) in [5.74, 6) is 0.0995. The van der Waals surface area contributed by atoms with Crippen molar-refractivity contribution in [2.75, 3.05) is 0 Å². The number of hydrogen-bond donors (Lipinski definition) is 2. The van der Waals surface area contributed by atoms with Crippen molar-refractivity contribution >= 4 is 5.91 Å². The van der Waals surface area contributed by atoms with Crippen LogP contribution in [-0.2, 0) is 4.79 Å². The summed E-state index contributed by atoms with van der Waals surface area (Å²) in [5, 5.41) is 6.41. The van der Waals surface area contributed by atoms with Gasteiger partial charge in [0.2, 0.25) is 5.91 Å². The lowest BCUT2D eigenvalue weighted by molar-refractivity contribution is -0.123. The lowest BCUT2D eigenvalue weighted by atomic mass is 9.94. The van der Waals surface area contributed by atoms with E-state index in [0.717, 1.165) is 19.3 Å². The van der Waals surface area contributed by atoms with Crippen LogP contribution < -0.4 is 10.6 Å². The lowest BCUT2D eigenvalue weighted by Gasteiger charge is -2.32. The Kier molecular flexibility index (Phi) is 6.65. The molecule has 0 bridgehead atoms. The number of hydrogen-bond acceptors (Lipinski definition) is 2. The zero-order chi connectivity index (χ0) is 12.8. The van der Waals surface area contributed by atoms with Crippen LogP contribution in [0.5, 0.6) is 0 Å². The predicted octanol–water partition coefficient (Wildman–Crippen LogP) is 2.46. The molecule has 0 radical (unpaired) electrons. The van der Waals surface area contributed by atoms with Gasteiger partial charge in [-0.25, -0.2) is 0 Å². The van der Waals surface area contributed by atoms with Crippen LogP contribution in [0.2, 0.25) is 0 Å². The van der Waals surface area contributed by atoms with Gasteiger partial charge in [0.1, 0.15) is 0 Å². The second kappa shape index (κ2) is 6.89. The molecular formula is C13H28N2O. The van der Waals surface area contributed by atoms with E-state index in [2.05, 4.69) is 38.3 Å². The molecule has 0 rings (SSSR count). The molecule has 1 amide bonds. The van der Waals surface area contributed by atoms with Crippen LogP contribution in [0.4, 0.5) is 0 Å². The zero-order valence-corrected chi connectivity index (χ0v) is 11.7. The highest BCUT2D eigenvalue weighted by atomic mass is 16.2. The number of carbonyl (C=O) groups excluding carboxylic acids is 1. The van der Waals surface area contributed by atoms with Crippen molar-refractivity contribution in [2.24, 2.45) is 0 Å². The summed E-state index contributed by atoms with van der Waals surface area (Å²) in [6.07, 6.45) is 3.03. The maximum Gasteiger partial charge on any atom is 0.237 e. The standard InChI is InChI=1S/C13H28N2O/c1-7-10(4)14-12(16)11(5)15-13(6,8-2)9-3/h10-11,15H,7-9H2,1-6H3,(H,14,16). The van der Waals surface area contributed by atoms with Gasteiger partial charge in [0, 0.05) is 11.6 Å². The molecular weight excluding hydrogens is 200 g/mol. The van der Waals surface area contributed by atoms with E-state index in [1.807, 2.05) is 13.8 Å². The van der Waals surface area contributed by atoms with Crippen LogP contribution in [-0.4, -0.2) is 23.5 Å². The van der Waals surface area contributed by atoms with Crippen LogP contribution in [0.3, 0.4) is 0 Å². The molecule has 0 saturated heterocycles. The van der Waals surface area contributed by atoms with Gasteiger partial charge in [-0.3, -0.25) is 4.79 Å². The molecule has 0 heterocycles. The molecule has 0 spiro atoms. The lowest BCUT2D eigenvalue weighted by Crippen LogP contribution is -2.53. The number of rotatable bonds is 7.